The number of aryl methyl sites for hydroxylation is 1. The molecule has 2 N–H and O–H groups in total. The van der Waals surface area contributed by atoms with Gasteiger partial charge in [-0.25, -0.2) is 4.98 Å². The van der Waals surface area contributed by atoms with Gasteiger partial charge in [-0.1, -0.05) is 0 Å². The Morgan fingerprint density at radius 3 is 3.21 bits per heavy atom. The number of rotatable bonds is 2. The number of nitrogens with one attached hydrogen (secondary N) is 2. The Labute approximate surface area is 82.5 Å². The van der Waals surface area contributed by atoms with Crippen molar-refractivity contribution < 1.29 is 4.79 Å². The van der Waals surface area contributed by atoms with E-state index in [1.54, 1.807) is 17.1 Å². The minimum absolute atomic E-state index is 0.0429. The molecule has 1 aromatic heterocycles. The Balaban J connectivity index is 1.98. The van der Waals surface area contributed by atoms with Crippen molar-refractivity contribution in [1.29, 1.82) is 0 Å². The SMILES string of the molecule is Cn1cncc1C(=O)NC1CCNC1. The monoisotopic (exact) mass is 194 g/mol. The quantitative estimate of drug-likeness (QED) is 0.668. The number of nitrogens with zero attached hydrogens (tertiary/aromatic N) is 2. The van der Waals surface area contributed by atoms with Crippen molar-refractivity contribution in [1.82, 2.24) is 20.2 Å². The van der Waals surface area contributed by atoms with Gasteiger partial charge in [0.2, 0.25) is 0 Å². The van der Waals surface area contributed by atoms with E-state index in [4.69, 9.17) is 0 Å². The number of carbonyl (C=O) groups excluding carboxylic acids is 1. The van der Waals surface area contributed by atoms with Gasteiger partial charge in [-0.15, -0.1) is 0 Å². The highest BCUT2D eigenvalue weighted by Gasteiger charge is 2.18. The molecule has 0 aliphatic carbocycles. The molecule has 1 aliphatic heterocycles. The van der Waals surface area contributed by atoms with Crippen molar-refractivity contribution in [2.45, 2.75) is 12.5 Å². The van der Waals surface area contributed by atoms with Crippen LogP contribution in [0, 0.1) is 0 Å². The summed E-state index contributed by atoms with van der Waals surface area (Å²) >= 11 is 0. The van der Waals surface area contributed by atoms with Gasteiger partial charge in [-0.3, -0.25) is 4.79 Å². The lowest BCUT2D eigenvalue weighted by molar-refractivity contribution is 0.0932. The van der Waals surface area contributed by atoms with Crippen molar-refractivity contribution in [3.05, 3.63) is 18.2 Å². The summed E-state index contributed by atoms with van der Waals surface area (Å²) in [6, 6.07) is 0.261. The molecule has 5 nitrogen and oxygen atoms in total. The summed E-state index contributed by atoms with van der Waals surface area (Å²) in [5.41, 5.74) is 0.608. The molecule has 0 radical (unpaired) electrons. The maximum Gasteiger partial charge on any atom is 0.269 e. The summed E-state index contributed by atoms with van der Waals surface area (Å²) in [7, 11) is 1.81. The Bertz CT molecular complexity index is 327. The number of aromatic nitrogens is 2. The van der Waals surface area contributed by atoms with Gasteiger partial charge in [0.15, 0.2) is 0 Å². The van der Waals surface area contributed by atoms with Crippen molar-refractivity contribution in [3.63, 3.8) is 0 Å². The third-order valence-corrected chi connectivity index (χ3v) is 2.44. The van der Waals surface area contributed by atoms with Gasteiger partial charge in [0.25, 0.3) is 5.91 Å². The molecule has 0 spiro atoms. The fourth-order valence-electron chi connectivity index (χ4n) is 1.61. The average molecular weight is 194 g/mol. The number of carbonyl (C=O) groups is 1. The molecular weight excluding hydrogens is 180 g/mol. The standard InChI is InChI=1S/C9H14N4O/c1-13-6-11-5-8(13)9(14)12-7-2-3-10-4-7/h5-7,10H,2-4H2,1H3,(H,12,14). The maximum atomic E-state index is 11.7. The molecule has 1 saturated heterocycles. The van der Waals surface area contributed by atoms with Gasteiger partial charge < -0.3 is 15.2 Å². The maximum absolute atomic E-state index is 11.7. The third kappa shape index (κ3) is 1.77. The van der Waals surface area contributed by atoms with Crippen LogP contribution in [-0.4, -0.2) is 34.6 Å². The summed E-state index contributed by atoms with van der Waals surface area (Å²) in [5, 5.41) is 6.16. The molecule has 5 heteroatoms. The first-order valence-electron chi connectivity index (χ1n) is 4.75. The van der Waals surface area contributed by atoms with Crippen molar-refractivity contribution in [2.75, 3.05) is 13.1 Å². The molecule has 1 atom stereocenters. The second-order valence-corrected chi connectivity index (χ2v) is 3.55. The van der Waals surface area contributed by atoms with Gasteiger partial charge in [0.05, 0.1) is 12.5 Å². The van der Waals surface area contributed by atoms with Crippen molar-refractivity contribution >= 4 is 5.91 Å². The average Bonchev–Trinajstić information content (AvgIpc) is 2.75. The van der Waals surface area contributed by atoms with E-state index < -0.39 is 0 Å². The second-order valence-electron chi connectivity index (χ2n) is 3.55. The number of amides is 1. The van der Waals surface area contributed by atoms with Crippen LogP contribution in [0.4, 0.5) is 0 Å². The molecule has 2 heterocycles. The van der Waals surface area contributed by atoms with Crippen LogP contribution in [0.15, 0.2) is 12.5 Å². The predicted molar refractivity (Wildman–Crippen MR) is 51.9 cm³/mol. The first kappa shape index (κ1) is 9.21. The van der Waals surface area contributed by atoms with E-state index >= 15 is 0 Å². The van der Waals surface area contributed by atoms with Crippen LogP contribution in [0.5, 0.6) is 0 Å². The minimum Gasteiger partial charge on any atom is -0.347 e. The fraction of sp³-hybridized carbons (Fsp3) is 0.556. The van der Waals surface area contributed by atoms with E-state index in [-0.39, 0.29) is 11.9 Å². The van der Waals surface area contributed by atoms with Crippen LogP contribution in [0.2, 0.25) is 0 Å². The summed E-state index contributed by atoms with van der Waals surface area (Å²) in [6.07, 6.45) is 4.21. The number of hydrogen-bond donors (Lipinski definition) is 2. The molecular formula is C9H14N4O. The van der Waals surface area contributed by atoms with Crippen molar-refractivity contribution in [3.8, 4) is 0 Å². The van der Waals surface area contributed by atoms with E-state index in [0.29, 0.717) is 5.69 Å². The molecule has 0 saturated carbocycles. The lowest BCUT2D eigenvalue weighted by atomic mass is 10.2. The van der Waals surface area contributed by atoms with Crippen LogP contribution >= 0.6 is 0 Å². The van der Waals surface area contributed by atoms with E-state index in [1.165, 1.54) is 0 Å². The molecule has 1 amide bonds. The lowest BCUT2D eigenvalue weighted by Gasteiger charge is -2.10. The summed E-state index contributed by atoms with van der Waals surface area (Å²) in [5.74, 6) is -0.0429. The van der Waals surface area contributed by atoms with Crippen LogP contribution in [0.1, 0.15) is 16.9 Å². The highest BCUT2D eigenvalue weighted by molar-refractivity contribution is 5.92. The highest BCUT2D eigenvalue weighted by Crippen LogP contribution is 2.01. The second kappa shape index (κ2) is 3.79. The zero-order valence-corrected chi connectivity index (χ0v) is 8.16. The van der Waals surface area contributed by atoms with Gasteiger partial charge in [-0.05, 0) is 13.0 Å². The van der Waals surface area contributed by atoms with E-state index in [9.17, 15) is 4.79 Å². The predicted octanol–water partition coefficient (Wildman–Crippen LogP) is -0.488. The molecule has 1 aliphatic rings. The molecule has 1 unspecified atom stereocenters. The molecule has 0 bridgehead atoms. The zero-order valence-electron chi connectivity index (χ0n) is 8.16. The van der Waals surface area contributed by atoms with E-state index in [2.05, 4.69) is 15.6 Å². The Morgan fingerprint density at radius 2 is 2.64 bits per heavy atom. The van der Waals surface area contributed by atoms with Gasteiger partial charge in [0.1, 0.15) is 5.69 Å². The largest absolute Gasteiger partial charge is 0.347 e. The third-order valence-electron chi connectivity index (χ3n) is 2.44. The smallest absolute Gasteiger partial charge is 0.269 e. The van der Waals surface area contributed by atoms with Gasteiger partial charge in [0, 0.05) is 19.6 Å². The highest BCUT2D eigenvalue weighted by atomic mass is 16.2. The van der Waals surface area contributed by atoms with Gasteiger partial charge in [-0.2, -0.15) is 0 Å². The van der Waals surface area contributed by atoms with Crippen molar-refractivity contribution in [2.24, 2.45) is 7.05 Å². The van der Waals surface area contributed by atoms with E-state index in [0.717, 1.165) is 19.5 Å². The molecule has 1 aromatic rings. The molecule has 0 aromatic carbocycles. The Morgan fingerprint density at radius 1 is 1.79 bits per heavy atom. The Kier molecular flexibility index (Phi) is 2.49. The topological polar surface area (TPSA) is 59.0 Å². The number of hydrogen-bond acceptors (Lipinski definition) is 3. The van der Waals surface area contributed by atoms with Crippen LogP contribution in [0.25, 0.3) is 0 Å². The van der Waals surface area contributed by atoms with E-state index in [1.807, 2.05) is 7.05 Å². The normalized spacial score (nSPS) is 21.1. The minimum atomic E-state index is -0.0429. The Hall–Kier alpha value is -1.36. The summed E-state index contributed by atoms with van der Waals surface area (Å²) in [4.78, 5) is 15.6. The van der Waals surface area contributed by atoms with Crippen LogP contribution < -0.4 is 10.6 Å². The van der Waals surface area contributed by atoms with Gasteiger partial charge >= 0.3 is 0 Å². The zero-order chi connectivity index (χ0) is 9.97. The lowest BCUT2D eigenvalue weighted by Crippen LogP contribution is -2.37. The van der Waals surface area contributed by atoms with Crippen LogP contribution in [0.3, 0.4) is 0 Å². The molecule has 14 heavy (non-hydrogen) atoms. The first-order chi connectivity index (χ1) is 6.77. The molecule has 2 rings (SSSR count). The number of imidazole rings is 1. The molecule has 76 valence electrons. The fourth-order valence-corrected chi connectivity index (χ4v) is 1.61. The van der Waals surface area contributed by atoms with Crippen LogP contribution in [-0.2, 0) is 7.05 Å². The summed E-state index contributed by atoms with van der Waals surface area (Å²) in [6.45, 7) is 1.85. The first-order valence-corrected chi connectivity index (χ1v) is 4.75. The summed E-state index contributed by atoms with van der Waals surface area (Å²) < 4.78 is 1.72. The molecule has 1 fully saturated rings.